The SMILES string of the molecule is Cc1cc(NC(=O)CSc2cc(Cl)ccc2Cl)n([C@H]2CCS(=O)(=O)C2)n1. The van der Waals surface area contributed by atoms with Crippen LogP contribution in [0.2, 0.25) is 10.0 Å². The molecule has 0 bridgehead atoms. The van der Waals surface area contributed by atoms with Crippen LogP contribution in [0, 0.1) is 6.92 Å². The maximum Gasteiger partial charge on any atom is 0.235 e. The molecule has 0 saturated carbocycles. The molecule has 2 heterocycles. The van der Waals surface area contributed by atoms with E-state index in [0.29, 0.717) is 22.3 Å². The van der Waals surface area contributed by atoms with Crippen LogP contribution in [0.25, 0.3) is 0 Å². The summed E-state index contributed by atoms with van der Waals surface area (Å²) in [6.45, 7) is 1.80. The van der Waals surface area contributed by atoms with Crippen molar-refractivity contribution in [1.29, 1.82) is 0 Å². The number of nitrogens with zero attached hydrogens (tertiary/aromatic N) is 2. The van der Waals surface area contributed by atoms with E-state index in [1.54, 1.807) is 35.9 Å². The molecule has 1 atom stereocenters. The molecule has 0 unspecified atom stereocenters. The molecule has 26 heavy (non-hydrogen) atoms. The van der Waals surface area contributed by atoms with Gasteiger partial charge < -0.3 is 5.32 Å². The van der Waals surface area contributed by atoms with Crippen LogP contribution in [-0.2, 0) is 14.6 Å². The normalized spacial score (nSPS) is 18.8. The molecule has 3 rings (SSSR count). The quantitative estimate of drug-likeness (QED) is 0.728. The average molecular weight is 434 g/mol. The highest BCUT2D eigenvalue weighted by Gasteiger charge is 2.31. The fourth-order valence-electron chi connectivity index (χ4n) is 2.77. The van der Waals surface area contributed by atoms with E-state index in [4.69, 9.17) is 23.2 Å². The number of benzene rings is 1. The molecule has 1 aromatic heterocycles. The number of sulfone groups is 1. The number of amides is 1. The molecule has 1 aliphatic heterocycles. The predicted octanol–water partition coefficient (Wildman–Crippen LogP) is 3.59. The van der Waals surface area contributed by atoms with Crippen LogP contribution in [0.3, 0.4) is 0 Å². The Kier molecular flexibility index (Phi) is 5.86. The number of carbonyl (C=O) groups excluding carboxylic acids is 1. The summed E-state index contributed by atoms with van der Waals surface area (Å²) in [5, 5.41) is 8.24. The van der Waals surface area contributed by atoms with Gasteiger partial charge in [-0.25, -0.2) is 13.1 Å². The van der Waals surface area contributed by atoms with Crippen molar-refractivity contribution in [1.82, 2.24) is 9.78 Å². The molecule has 1 fully saturated rings. The van der Waals surface area contributed by atoms with Crippen LogP contribution in [0.15, 0.2) is 29.2 Å². The molecule has 140 valence electrons. The first-order valence-corrected chi connectivity index (χ1v) is 11.4. The molecule has 0 spiro atoms. The van der Waals surface area contributed by atoms with E-state index in [-0.39, 0.29) is 29.2 Å². The maximum atomic E-state index is 12.3. The van der Waals surface area contributed by atoms with E-state index in [0.717, 1.165) is 10.6 Å². The molecular formula is C16H17Cl2N3O3S2. The number of anilines is 1. The van der Waals surface area contributed by atoms with Gasteiger partial charge in [0.05, 0.1) is 34.0 Å². The average Bonchev–Trinajstić information content (AvgIpc) is 3.10. The van der Waals surface area contributed by atoms with E-state index in [1.165, 1.54) is 11.8 Å². The monoisotopic (exact) mass is 433 g/mol. The van der Waals surface area contributed by atoms with Crippen molar-refractivity contribution in [3.8, 4) is 0 Å². The molecular weight excluding hydrogens is 417 g/mol. The minimum absolute atomic E-state index is 0.0455. The topological polar surface area (TPSA) is 81.1 Å². The summed E-state index contributed by atoms with van der Waals surface area (Å²) in [4.78, 5) is 13.0. The first-order chi connectivity index (χ1) is 12.2. The van der Waals surface area contributed by atoms with Gasteiger partial charge in [-0.3, -0.25) is 4.79 Å². The standard InChI is InChI=1S/C16H17Cl2N3O3S2/c1-10-6-15(21(20-10)12-4-5-26(23,24)9-12)19-16(22)8-25-14-7-11(17)2-3-13(14)18/h2-3,6-7,12H,4-5,8-9H2,1H3,(H,19,22)/t12-/m0/s1. The fourth-order valence-corrected chi connectivity index (χ4v) is 5.75. The molecule has 1 saturated heterocycles. The Hall–Kier alpha value is -1.22. The van der Waals surface area contributed by atoms with E-state index in [1.807, 2.05) is 0 Å². The highest BCUT2D eigenvalue weighted by molar-refractivity contribution is 8.00. The molecule has 10 heteroatoms. The molecule has 0 aliphatic carbocycles. The van der Waals surface area contributed by atoms with E-state index < -0.39 is 9.84 Å². The Morgan fingerprint density at radius 3 is 2.85 bits per heavy atom. The molecule has 1 aromatic carbocycles. The molecule has 1 N–H and O–H groups in total. The van der Waals surface area contributed by atoms with Crippen LogP contribution in [0.4, 0.5) is 5.82 Å². The Morgan fingerprint density at radius 2 is 2.15 bits per heavy atom. The van der Waals surface area contributed by atoms with Crippen LogP contribution in [0.1, 0.15) is 18.2 Å². The van der Waals surface area contributed by atoms with Gasteiger partial charge in [0.15, 0.2) is 9.84 Å². The molecule has 1 amide bonds. The van der Waals surface area contributed by atoms with Crippen molar-refractivity contribution in [2.45, 2.75) is 24.3 Å². The van der Waals surface area contributed by atoms with Crippen molar-refractivity contribution in [3.63, 3.8) is 0 Å². The zero-order valence-electron chi connectivity index (χ0n) is 13.9. The summed E-state index contributed by atoms with van der Waals surface area (Å²) in [6.07, 6.45) is 0.499. The lowest BCUT2D eigenvalue weighted by Crippen LogP contribution is -2.20. The highest BCUT2D eigenvalue weighted by atomic mass is 35.5. The van der Waals surface area contributed by atoms with Crippen molar-refractivity contribution >= 4 is 56.5 Å². The lowest BCUT2D eigenvalue weighted by atomic mass is 10.3. The highest BCUT2D eigenvalue weighted by Crippen LogP contribution is 2.30. The third-order valence-electron chi connectivity index (χ3n) is 3.93. The summed E-state index contributed by atoms with van der Waals surface area (Å²) in [5.74, 6) is 0.616. The Morgan fingerprint density at radius 1 is 1.38 bits per heavy atom. The van der Waals surface area contributed by atoms with Gasteiger partial charge in [-0.2, -0.15) is 5.10 Å². The molecule has 6 nitrogen and oxygen atoms in total. The summed E-state index contributed by atoms with van der Waals surface area (Å²) < 4.78 is 25.0. The Labute approximate surface area is 166 Å². The maximum absolute atomic E-state index is 12.3. The van der Waals surface area contributed by atoms with Crippen LogP contribution in [0.5, 0.6) is 0 Å². The van der Waals surface area contributed by atoms with Crippen LogP contribution in [-0.4, -0.2) is 41.4 Å². The molecule has 2 aromatic rings. The van der Waals surface area contributed by atoms with Crippen molar-refractivity contribution in [2.75, 3.05) is 22.6 Å². The Balaban J connectivity index is 1.67. The van der Waals surface area contributed by atoms with E-state index in [9.17, 15) is 13.2 Å². The minimum atomic E-state index is -3.04. The number of thioether (sulfide) groups is 1. The number of hydrogen-bond acceptors (Lipinski definition) is 5. The van der Waals surface area contributed by atoms with Crippen LogP contribution < -0.4 is 5.32 Å². The van der Waals surface area contributed by atoms with Crippen molar-refractivity contribution in [2.24, 2.45) is 0 Å². The second kappa shape index (κ2) is 7.80. The third kappa shape index (κ3) is 4.73. The summed E-state index contributed by atoms with van der Waals surface area (Å²) in [5.41, 5.74) is 0.718. The zero-order chi connectivity index (χ0) is 18.9. The summed E-state index contributed by atoms with van der Waals surface area (Å²) in [7, 11) is -3.04. The number of carbonyl (C=O) groups is 1. The lowest BCUT2D eigenvalue weighted by molar-refractivity contribution is -0.113. The van der Waals surface area contributed by atoms with Crippen LogP contribution >= 0.6 is 35.0 Å². The minimum Gasteiger partial charge on any atom is -0.310 e. The van der Waals surface area contributed by atoms with E-state index >= 15 is 0 Å². The fraction of sp³-hybridized carbons (Fsp3) is 0.375. The summed E-state index contributed by atoms with van der Waals surface area (Å²) in [6, 6.07) is 6.56. The van der Waals surface area contributed by atoms with Crippen molar-refractivity contribution in [3.05, 3.63) is 40.0 Å². The van der Waals surface area contributed by atoms with Gasteiger partial charge in [0.2, 0.25) is 5.91 Å². The second-order valence-electron chi connectivity index (χ2n) is 6.08. The second-order valence-corrected chi connectivity index (χ2v) is 10.2. The third-order valence-corrected chi connectivity index (χ3v) is 7.41. The summed E-state index contributed by atoms with van der Waals surface area (Å²) >= 11 is 13.3. The number of halogens is 2. The van der Waals surface area contributed by atoms with Gasteiger partial charge in [-0.1, -0.05) is 23.2 Å². The first kappa shape index (κ1) is 19.5. The first-order valence-electron chi connectivity index (χ1n) is 7.88. The lowest BCUT2D eigenvalue weighted by Gasteiger charge is -2.13. The van der Waals surface area contributed by atoms with Crippen molar-refractivity contribution < 1.29 is 13.2 Å². The van der Waals surface area contributed by atoms with Gasteiger partial charge in [-0.05, 0) is 31.5 Å². The molecule has 1 aliphatic rings. The smallest absolute Gasteiger partial charge is 0.235 e. The number of aromatic nitrogens is 2. The van der Waals surface area contributed by atoms with Gasteiger partial charge in [0.1, 0.15) is 5.82 Å². The number of nitrogens with one attached hydrogen (secondary N) is 1. The zero-order valence-corrected chi connectivity index (χ0v) is 17.1. The van der Waals surface area contributed by atoms with Gasteiger partial charge in [0.25, 0.3) is 0 Å². The van der Waals surface area contributed by atoms with Gasteiger partial charge >= 0.3 is 0 Å². The Bertz CT molecular complexity index is 944. The largest absolute Gasteiger partial charge is 0.310 e. The van der Waals surface area contributed by atoms with Gasteiger partial charge in [0, 0.05) is 16.0 Å². The van der Waals surface area contributed by atoms with E-state index in [2.05, 4.69) is 10.4 Å². The number of aryl methyl sites for hydroxylation is 1. The molecule has 0 radical (unpaired) electrons. The number of hydrogen-bond donors (Lipinski definition) is 1. The predicted molar refractivity (Wildman–Crippen MR) is 105 cm³/mol. The van der Waals surface area contributed by atoms with Gasteiger partial charge in [-0.15, -0.1) is 11.8 Å². The number of rotatable bonds is 5.